The lowest BCUT2D eigenvalue weighted by molar-refractivity contribution is -0.134. The van der Waals surface area contributed by atoms with Gasteiger partial charge in [-0.15, -0.1) is 0 Å². The fraction of sp³-hybridized carbons (Fsp3) is 0.833. The van der Waals surface area contributed by atoms with Gasteiger partial charge >= 0.3 is 0 Å². The smallest absolute Gasteiger partial charge is 0.237 e. The zero-order valence-corrected chi connectivity index (χ0v) is 10.5. The first-order valence-electron chi connectivity index (χ1n) is 6.35. The van der Waals surface area contributed by atoms with Crippen molar-refractivity contribution >= 4 is 11.8 Å². The topological polar surface area (TPSA) is 61.4 Å². The monoisotopic (exact) mass is 239 g/mol. The molecule has 3 atom stereocenters. The Bertz CT molecular complexity index is 319. The molecule has 2 fully saturated rings. The van der Waals surface area contributed by atoms with Crippen LogP contribution in [0.5, 0.6) is 0 Å². The van der Waals surface area contributed by atoms with Gasteiger partial charge < -0.3 is 15.5 Å². The summed E-state index contributed by atoms with van der Waals surface area (Å²) >= 11 is 0. The van der Waals surface area contributed by atoms with Crippen molar-refractivity contribution in [3.05, 3.63) is 0 Å². The van der Waals surface area contributed by atoms with E-state index in [0.29, 0.717) is 18.9 Å². The Kier molecular flexibility index (Phi) is 3.66. The van der Waals surface area contributed by atoms with Crippen LogP contribution in [0.4, 0.5) is 0 Å². The van der Waals surface area contributed by atoms with Crippen molar-refractivity contribution in [2.45, 2.75) is 38.3 Å². The first-order valence-corrected chi connectivity index (χ1v) is 6.35. The van der Waals surface area contributed by atoms with Gasteiger partial charge in [-0.3, -0.25) is 9.59 Å². The summed E-state index contributed by atoms with van der Waals surface area (Å²) in [5.41, 5.74) is 0. The van der Waals surface area contributed by atoms with Crippen LogP contribution in [-0.2, 0) is 9.59 Å². The molecule has 96 valence electrons. The molecule has 0 bridgehead atoms. The zero-order valence-electron chi connectivity index (χ0n) is 10.5. The van der Waals surface area contributed by atoms with Crippen molar-refractivity contribution in [1.29, 1.82) is 0 Å². The molecule has 0 saturated carbocycles. The second kappa shape index (κ2) is 5.04. The first-order chi connectivity index (χ1) is 8.08. The minimum absolute atomic E-state index is 0.0575. The number of hydrogen-bond donors (Lipinski definition) is 2. The molecule has 0 aromatic carbocycles. The number of carbonyl (C=O) groups is 2. The number of likely N-dealkylation sites (N-methyl/N-ethyl adjacent to an activating group) is 1. The molecule has 0 aliphatic carbocycles. The van der Waals surface area contributed by atoms with Gasteiger partial charge in [0.1, 0.15) is 0 Å². The van der Waals surface area contributed by atoms with Crippen LogP contribution in [0.1, 0.15) is 26.2 Å². The van der Waals surface area contributed by atoms with Crippen LogP contribution in [0, 0.1) is 5.92 Å². The van der Waals surface area contributed by atoms with E-state index < -0.39 is 0 Å². The van der Waals surface area contributed by atoms with Gasteiger partial charge in [0.2, 0.25) is 11.8 Å². The number of carbonyl (C=O) groups excluding carboxylic acids is 2. The molecular weight excluding hydrogens is 218 g/mol. The summed E-state index contributed by atoms with van der Waals surface area (Å²) < 4.78 is 0. The number of nitrogens with zero attached hydrogens (tertiary/aromatic N) is 1. The summed E-state index contributed by atoms with van der Waals surface area (Å²) in [7, 11) is 1.79. The number of piperidine rings is 1. The Morgan fingerprint density at radius 2 is 2.24 bits per heavy atom. The SMILES string of the molecule is CC1CCNC1C(=O)NC1CCC(=O)N(C)C1. The molecule has 2 saturated heterocycles. The average Bonchev–Trinajstić information content (AvgIpc) is 2.70. The summed E-state index contributed by atoms with van der Waals surface area (Å²) in [5, 5.41) is 6.27. The van der Waals surface area contributed by atoms with Crippen molar-refractivity contribution in [3.63, 3.8) is 0 Å². The van der Waals surface area contributed by atoms with Crippen LogP contribution >= 0.6 is 0 Å². The van der Waals surface area contributed by atoms with Gasteiger partial charge in [0.15, 0.2) is 0 Å². The number of nitrogens with one attached hydrogen (secondary N) is 2. The van der Waals surface area contributed by atoms with E-state index in [4.69, 9.17) is 0 Å². The van der Waals surface area contributed by atoms with E-state index in [0.717, 1.165) is 19.4 Å². The predicted molar refractivity (Wildman–Crippen MR) is 64.4 cm³/mol. The maximum atomic E-state index is 12.0. The van der Waals surface area contributed by atoms with E-state index in [1.807, 2.05) is 0 Å². The second-order valence-electron chi connectivity index (χ2n) is 5.22. The van der Waals surface area contributed by atoms with E-state index in [1.54, 1.807) is 11.9 Å². The fourth-order valence-corrected chi connectivity index (χ4v) is 2.61. The molecule has 2 amide bonds. The van der Waals surface area contributed by atoms with Gasteiger partial charge in [-0.1, -0.05) is 6.92 Å². The first kappa shape index (κ1) is 12.4. The van der Waals surface area contributed by atoms with Crippen LogP contribution in [0.15, 0.2) is 0 Å². The molecule has 2 aliphatic heterocycles. The third kappa shape index (κ3) is 2.77. The van der Waals surface area contributed by atoms with Crippen molar-refractivity contribution in [1.82, 2.24) is 15.5 Å². The molecule has 2 aliphatic rings. The lowest BCUT2D eigenvalue weighted by Crippen LogP contribution is -2.53. The highest BCUT2D eigenvalue weighted by atomic mass is 16.2. The van der Waals surface area contributed by atoms with E-state index in [2.05, 4.69) is 17.6 Å². The largest absolute Gasteiger partial charge is 0.350 e. The molecule has 2 N–H and O–H groups in total. The lowest BCUT2D eigenvalue weighted by atomic mass is 10.0. The Balaban J connectivity index is 1.84. The van der Waals surface area contributed by atoms with E-state index in [9.17, 15) is 9.59 Å². The van der Waals surface area contributed by atoms with Crippen LogP contribution in [0.2, 0.25) is 0 Å². The predicted octanol–water partition coefficient (Wildman–Crippen LogP) is -0.279. The Morgan fingerprint density at radius 3 is 2.82 bits per heavy atom. The molecule has 2 rings (SSSR count). The standard InChI is InChI=1S/C12H21N3O2/c1-8-5-6-13-11(8)12(17)14-9-3-4-10(16)15(2)7-9/h8-9,11,13H,3-7H2,1-2H3,(H,14,17). The van der Waals surface area contributed by atoms with Crippen molar-refractivity contribution in [3.8, 4) is 0 Å². The summed E-state index contributed by atoms with van der Waals surface area (Å²) in [6.45, 7) is 3.65. The molecule has 5 nitrogen and oxygen atoms in total. The van der Waals surface area contributed by atoms with Gasteiger partial charge in [0, 0.05) is 26.1 Å². The minimum atomic E-state index is -0.0575. The number of hydrogen-bond acceptors (Lipinski definition) is 3. The van der Waals surface area contributed by atoms with Gasteiger partial charge in [-0.05, 0) is 25.3 Å². The molecule has 17 heavy (non-hydrogen) atoms. The van der Waals surface area contributed by atoms with Gasteiger partial charge in [-0.2, -0.15) is 0 Å². The zero-order chi connectivity index (χ0) is 12.4. The van der Waals surface area contributed by atoms with Gasteiger partial charge in [0.25, 0.3) is 0 Å². The fourth-order valence-electron chi connectivity index (χ4n) is 2.61. The quantitative estimate of drug-likeness (QED) is 0.697. The normalized spacial score (nSPS) is 33.9. The number of rotatable bonds is 2. The van der Waals surface area contributed by atoms with Crippen LogP contribution in [0.25, 0.3) is 0 Å². The van der Waals surface area contributed by atoms with Crippen LogP contribution in [0.3, 0.4) is 0 Å². The molecule has 0 aromatic heterocycles. The summed E-state index contributed by atoms with van der Waals surface area (Å²) in [6, 6.07) is 0.0535. The van der Waals surface area contributed by atoms with E-state index in [1.165, 1.54) is 0 Å². The Hall–Kier alpha value is -1.10. The molecule has 0 spiro atoms. The van der Waals surface area contributed by atoms with Crippen molar-refractivity contribution < 1.29 is 9.59 Å². The number of amides is 2. The van der Waals surface area contributed by atoms with Gasteiger partial charge in [-0.25, -0.2) is 0 Å². The highest BCUT2D eigenvalue weighted by Crippen LogP contribution is 2.16. The number of likely N-dealkylation sites (tertiary alicyclic amines) is 1. The lowest BCUT2D eigenvalue weighted by Gasteiger charge is -2.31. The van der Waals surface area contributed by atoms with E-state index in [-0.39, 0.29) is 23.9 Å². The summed E-state index contributed by atoms with van der Waals surface area (Å²) in [5.74, 6) is 0.656. The third-order valence-corrected chi connectivity index (χ3v) is 3.79. The summed E-state index contributed by atoms with van der Waals surface area (Å²) in [6.07, 6.45) is 2.35. The van der Waals surface area contributed by atoms with Crippen LogP contribution in [-0.4, -0.2) is 48.9 Å². The Labute approximate surface area is 102 Å². The van der Waals surface area contributed by atoms with Crippen LogP contribution < -0.4 is 10.6 Å². The maximum Gasteiger partial charge on any atom is 0.237 e. The third-order valence-electron chi connectivity index (χ3n) is 3.79. The minimum Gasteiger partial charge on any atom is -0.350 e. The maximum absolute atomic E-state index is 12.0. The highest BCUT2D eigenvalue weighted by molar-refractivity contribution is 5.83. The Morgan fingerprint density at radius 1 is 1.47 bits per heavy atom. The van der Waals surface area contributed by atoms with Gasteiger partial charge in [0.05, 0.1) is 6.04 Å². The second-order valence-corrected chi connectivity index (χ2v) is 5.22. The summed E-state index contributed by atoms with van der Waals surface area (Å²) in [4.78, 5) is 25.1. The van der Waals surface area contributed by atoms with E-state index >= 15 is 0 Å². The van der Waals surface area contributed by atoms with Crippen molar-refractivity contribution in [2.24, 2.45) is 5.92 Å². The molecular formula is C12H21N3O2. The molecule has 3 unspecified atom stereocenters. The average molecular weight is 239 g/mol. The molecule has 5 heteroatoms. The molecule has 0 radical (unpaired) electrons. The molecule has 2 heterocycles. The molecule has 0 aromatic rings. The highest BCUT2D eigenvalue weighted by Gasteiger charge is 2.32. The van der Waals surface area contributed by atoms with Crippen molar-refractivity contribution in [2.75, 3.05) is 20.1 Å².